The van der Waals surface area contributed by atoms with Gasteiger partial charge in [-0.1, -0.05) is 18.2 Å². The predicted octanol–water partition coefficient (Wildman–Crippen LogP) is 4.76. The molecule has 3 nitrogen and oxygen atoms in total. The maximum Gasteiger partial charge on any atom is 0.251 e. The van der Waals surface area contributed by atoms with Crippen LogP contribution in [-0.4, -0.2) is 24.2 Å². The fourth-order valence-corrected chi connectivity index (χ4v) is 4.38. The van der Waals surface area contributed by atoms with Gasteiger partial charge in [-0.25, -0.2) is 0 Å². The summed E-state index contributed by atoms with van der Waals surface area (Å²) in [5.74, 6) is 0.247. The molecule has 3 aromatic rings. The number of aliphatic hydroxyl groups excluding tert-OH is 1. The number of hydrogen-bond donors (Lipinski definition) is 2. The summed E-state index contributed by atoms with van der Waals surface area (Å²) in [6.07, 6.45) is 1.56. The lowest BCUT2D eigenvalue weighted by molar-refractivity contribution is 0.0952. The van der Waals surface area contributed by atoms with E-state index in [1.54, 1.807) is 22.7 Å². The molecule has 3 rings (SSSR count). The first-order chi connectivity index (χ1) is 12.3. The molecule has 2 heterocycles. The van der Waals surface area contributed by atoms with Gasteiger partial charge in [-0.05, 0) is 70.3 Å². The third kappa shape index (κ3) is 4.78. The van der Waals surface area contributed by atoms with Crippen LogP contribution in [0.4, 0.5) is 0 Å². The van der Waals surface area contributed by atoms with Gasteiger partial charge in [0.25, 0.3) is 5.91 Å². The smallest absolute Gasteiger partial charge is 0.251 e. The number of amides is 1. The first-order valence-electron chi connectivity index (χ1n) is 8.33. The third-order valence-corrected chi connectivity index (χ3v) is 5.92. The zero-order chi connectivity index (χ0) is 17.5. The van der Waals surface area contributed by atoms with Crippen LogP contribution in [0.1, 0.15) is 34.0 Å². The molecular weight excluding hydrogens is 350 g/mol. The lowest BCUT2D eigenvalue weighted by atomic mass is 10.00. The van der Waals surface area contributed by atoms with E-state index in [1.807, 2.05) is 41.1 Å². The van der Waals surface area contributed by atoms with Gasteiger partial charge >= 0.3 is 0 Å². The maximum atomic E-state index is 12.3. The highest BCUT2D eigenvalue weighted by molar-refractivity contribution is 7.10. The van der Waals surface area contributed by atoms with Crippen molar-refractivity contribution in [2.75, 3.05) is 13.2 Å². The zero-order valence-electron chi connectivity index (χ0n) is 13.9. The van der Waals surface area contributed by atoms with Crippen molar-refractivity contribution in [3.63, 3.8) is 0 Å². The van der Waals surface area contributed by atoms with Crippen LogP contribution in [0.15, 0.2) is 58.6 Å². The molecule has 0 radical (unpaired) electrons. The molecule has 1 amide bonds. The van der Waals surface area contributed by atoms with Gasteiger partial charge in [0.15, 0.2) is 0 Å². The van der Waals surface area contributed by atoms with Crippen molar-refractivity contribution in [1.82, 2.24) is 5.32 Å². The number of benzene rings is 1. The Hall–Kier alpha value is -1.95. The van der Waals surface area contributed by atoms with Crippen molar-refractivity contribution in [2.45, 2.75) is 18.8 Å². The molecule has 1 atom stereocenters. The third-order valence-electron chi connectivity index (χ3n) is 4.20. The van der Waals surface area contributed by atoms with Crippen molar-refractivity contribution >= 4 is 28.6 Å². The molecule has 0 spiro atoms. The van der Waals surface area contributed by atoms with Gasteiger partial charge < -0.3 is 10.4 Å². The maximum absolute atomic E-state index is 12.3. The number of carbonyl (C=O) groups excluding carboxylic acids is 1. The van der Waals surface area contributed by atoms with Crippen molar-refractivity contribution < 1.29 is 9.90 Å². The summed E-state index contributed by atoms with van der Waals surface area (Å²) in [6.45, 7) is 0.772. The standard InChI is InChI=1S/C20H21NO2S2/c22-11-8-16(19-2-1-12-25-19)7-10-21-20(23)17-5-3-15(4-6-17)18-9-13-24-14-18/h1-6,9,12-14,16,22H,7-8,10-11H2,(H,21,23)/t16-/m0/s1. The van der Waals surface area contributed by atoms with Crippen LogP contribution in [0.25, 0.3) is 11.1 Å². The molecule has 0 aliphatic rings. The van der Waals surface area contributed by atoms with Gasteiger partial charge in [-0.15, -0.1) is 11.3 Å². The molecule has 0 unspecified atom stereocenters. The lowest BCUT2D eigenvalue weighted by Crippen LogP contribution is -2.25. The molecule has 0 saturated heterocycles. The van der Waals surface area contributed by atoms with Gasteiger partial charge in [0.2, 0.25) is 0 Å². The number of hydrogen-bond acceptors (Lipinski definition) is 4. The molecule has 0 aliphatic heterocycles. The molecule has 0 saturated carbocycles. The van der Waals surface area contributed by atoms with E-state index in [2.05, 4.69) is 22.8 Å². The summed E-state index contributed by atoms with van der Waals surface area (Å²) >= 11 is 3.37. The Labute approximate surface area is 156 Å². The average Bonchev–Trinajstić information content (AvgIpc) is 3.34. The second kappa shape index (κ2) is 8.94. The minimum absolute atomic E-state index is 0.0502. The van der Waals surface area contributed by atoms with E-state index >= 15 is 0 Å². The van der Waals surface area contributed by atoms with Crippen LogP contribution in [0, 0.1) is 0 Å². The Bertz CT molecular complexity index is 765. The topological polar surface area (TPSA) is 49.3 Å². The minimum atomic E-state index is -0.0502. The highest BCUT2D eigenvalue weighted by atomic mass is 32.1. The van der Waals surface area contributed by atoms with Crippen LogP contribution >= 0.6 is 22.7 Å². The number of aliphatic hydroxyl groups is 1. The van der Waals surface area contributed by atoms with Gasteiger partial charge in [0, 0.05) is 23.6 Å². The van der Waals surface area contributed by atoms with E-state index in [-0.39, 0.29) is 12.5 Å². The average molecular weight is 372 g/mol. The highest BCUT2D eigenvalue weighted by Crippen LogP contribution is 2.27. The molecule has 2 aromatic heterocycles. The summed E-state index contributed by atoms with van der Waals surface area (Å²) in [4.78, 5) is 13.6. The Morgan fingerprint density at radius 2 is 1.88 bits per heavy atom. The Morgan fingerprint density at radius 3 is 2.52 bits per heavy atom. The van der Waals surface area contributed by atoms with Gasteiger partial charge in [0.05, 0.1) is 0 Å². The monoisotopic (exact) mass is 371 g/mol. The van der Waals surface area contributed by atoms with E-state index in [0.717, 1.165) is 18.4 Å². The van der Waals surface area contributed by atoms with E-state index in [4.69, 9.17) is 0 Å². The van der Waals surface area contributed by atoms with Crippen molar-refractivity contribution in [3.8, 4) is 11.1 Å². The molecule has 130 valence electrons. The van der Waals surface area contributed by atoms with Gasteiger partial charge in [0.1, 0.15) is 0 Å². The van der Waals surface area contributed by atoms with E-state index in [9.17, 15) is 9.90 Å². The summed E-state index contributed by atoms with van der Waals surface area (Å²) < 4.78 is 0. The SMILES string of the molecule is O=C(NCC[C@@H](CCO)c1cccs1)c1ccc(-c2ccsc2)cc1. The molecule has 2 N–H and O–H groups in total. The Balaban J connectivity index is 1.53. The summed E-state index contributed by atoms with van der Waals surface area (Å²) in [7, 11) is 0. The minimum Gasteiger partial charge on any atom is -0.396 e. The van der Waals surface area contributed by atoms with E-state index < -0.39 is 0 Å². The van der Waals surface area contributed by atoms with Crippen molar-refractivity contribution in [2.24, 2.45) is 0 Å². The molecule has 5 heteroatoms. The van der Waals surface area contributed by atoms with E-state index in [0.29, 0.717) is 18.0 Å². The van der Waals surface area contributed by atoms with Crippen molar-refractivity contribution in [3.05, 3.63) is 69.0 Å². The second-order valence-electron chi connectivity index (χ2n) is 5.86. The van der Waals surface area contributed by atoms with Crippen LogP contribution < -0.4 is 5.32 Å². The van der Waals surface area contributed by atoms with Gasteiger partial charge in [-0.3, -0.25) is 4.79 Å². The molecule has 1 aromatic carbocycles. The summed E-state index contributed by atoms with van der Waals surface area (Å²) in [5.41, 5.74) is 2.98. The van der Waals surface area contributed by atoms with E-state index in [1.165, 1.54) is 10.4 Å². The number of thiophene rings is 2. The second-order valence-corrected chi connectivity index (χ2v) is 7.62. The van der Waals surface area contributed by atoms with Crippen molar-refractivity contribution in [1.29, 1.82) is 0 Å². The van der Waals surface area contributed by atoms with Crippen LogP contribution in [0.5, 0.6) is 0 Å². The molecule has 25 heavy (non-hydrogen) atoms. The largest absolute Gasteiger partial charge is 0.396 e. The predicted molar refractivity (Wildman–Crippen MR) is 105 cm³/mol. The van der Waals surface area contributed by atoms with Crippen LogP contribution in [0.2, 0.25) is 0 Å². The molecular formula is C20H21NO2S2. The first-order valence-corrected chi connectivity index (χ1v) is 10.2. The fraction of sp³-hybridized carbons (Fsp3) is 0.250. The number of nitrogens with one attached hydrogen (secondary N) is 1. The molecule has 0 aliphatic carbocycles. The normalized spacial score (nSPS) is 12.0. The molecule has 0 bridgehead atoms. The summed E-state index contributed by atoms with van der Waals surface area (Å²) in [5, 5.41) is 18.4. The number of rotatable bonds is 8. The number of carbonyl (C=O) groups is 1. The van der Waals surface area contributed by atoms with Gasteiger partial charge in [-0.2, -0.15) is 11.3 Å². The summed E-state index contributed by atoms with van der Waals surface area (Å²) in [6, 6.07) is 13.9. The Morgan fingerprint density at radius 1 is 1.04 bits per heavy atom. The van der Waals surface area contributed by atoms with Crippen LogP contribution in [0.3, 0.4) is 0 Å². The fourth-order valence-electron chi connectivity index (χ4n) is 2.81. The first kappa shape index (κ1) is 17.9. The van der Waals surface area contributed by atoms with Crippen LogP contribution in [-0.2, 0) is 0 Å². The zero-order valence-corrected chi connectivity index (χ0v) is 15.5. The lowest BCUT2D eigenvalue weighted by Gasteiger charge is -2.14. The molecule has 0 fully saturated rings. The Kier molecular flexibility index (Phi) is 6.39. The quantitative estimate of drug-likeness (QED) is 0.600. The highest BCUT2D eigenvalue weighted by Gasteiger charge is 2.13.